The summed E-state index contributed by atoms with van der Waals surface area (Å²) >= 11 is 0. The van der Waals surface area contributed by atoms with Crippen molar-refractivity contribution in [2.75, 3.05) is 17.7 Å². The SMILES string of the molecule is COC(=O)Nc1ccc(CNc2c([N+](=O)[O-])cc(C(F)(F)F)cc2[N+](=O)[O-])cc1. The number of nitrogens with zero attached hydrogens (tertiary/aromatic N) is 2. The number of carbonyl (C=O) groups is 1. The van der Waals surface area contributed by atoms with Gasteiger partial charge in [0.2, 0.25) is 0 Å². The van der Waals surface area contributed by atoms with E-state index in [1.807, 2.05) is 0 Å². The summed E-state index contributed by atoms with van der Waals surface area (Å²) in [6.07, 6.45) is -5.69. The minimum atomic E-state index is -4.99. The first kappa shape index (κ1) is 21.4. The second-order valence-electron chi connectivity index (χ2n) is 5.57. The predicted molar refractivity (Wildman–Crippen MR) is 94.5 cm³/mol. The van der Waals surface area contributed by atoms with Crippen molar-refractivity contribution < 1.29 is 32.5 Å². The van der Waals surface area contributed by atoms with Crippen LogP contribution >= 0.6 is 0 Å². The number of hydrogen-bond donors (Lipinski definition) is 2. The van der Waals surface area contributed by atoms with E-state index in [1.54, 1.807) is 0 Å². The Kier molecular flexibility index (Phi) is 6.21. The maximum atomic E-state index is 12.9. The largest absolute Gasteiger partial charge is 0.453 e. The molecule has 29 heavy (non-hydrogen) atoms. The van der Waals surface area contributed by atoms with Gasteiger partial charge >= 0.3 is 12.3 Å². The minimum absolute atomic E-state index is 0.161. The van der Waals surface area contributed by atoms with Crippen molar-refractivity contribution >= 4 is 28.8 Å². The van der Waals surface area contributed by atoms with Gasteiger partial charge in [-0.25, -0.2) is 4.79 Å². The maximum Gasteiger partial charge on any atom is 0.416 e. The molecule has 0 heterocycles. The zero-order chi connectivity index (χ0) is 21.8. The summed E-state index contributed by atoms with van der Waals surface area (Å²) in [4.78, 5) is 31.2. The number of rotatable bonds is 6. The fourth-order valence-corrected chi connectivity index (χ4v) is 2.31. The Bertz CT molecular complexity index is 912. The molecule has 0 bridgehead atoms. The van der Waals surface area contributed by atoms with Gasteiger partial charge in [0.25, 0.3) is 11.4 Å². The third-order valence-electron chi connectivity index (χ3n) is 3.67. The summed E-state index contributed by atoms with van der Waals surface area (Å²) in [6, 6.07) is 6.42. The molecule has 0 aliphatic carbocycles. The van der Waals surface area contributed by atoms with Crippen molar-refractivity contribution in [3.8, 4) is 0 Å². The van der Waals surface area contributed by atoms with E-state index >= 15 is 0 Å². The molecule has 0 spiro atoms. The van der Waals surface area contributed by atoms with Crippen LogP contribution in [0.1, 0.15) is 11.1 Å². The average Bonchev–Trinajstić information content (AvgIpc) is 2.65. The Labute approximate surface area is 160 Å². The third kappa shape index (κ3) is 5.31. The lowest BCUT2D eigenvalue weighted by molar-refractivity contribution is -0.392. The summed E-state index contributed by atoms with van der Waals surface area (Å²) < 4.78 is 43.1. The van der Waals surface area contributed by atoms with Crippen LogP contribution in [0, 0.1) is 20.2 Å². The predicted octanol–water partition coefficient (Wildman–Crippen LogP) is 4.31. The molecule has 0 fully saturated rings. The lowest BCUT2D eigenvalue weighted by Crippen LogP contribution is -2.11. The van der Waals surface area contributed by atoms with Crippen molar-refractivity contribution in [3.63, 3.8) is 0 Å². The Hall–Kier alpha value is -3.90. The number of ether oxygens (including phenoxy) is 1. The van der Waals surface area contributed by atoms with Gasteiger partial charge in [-0.3, -0.25) is 25.5 Å². The quantitative estimate of drug-likeness (QED) is 0.531. The van der Waals surface area contributed by atoms with Crippen LogP contribution in [0.15, 0.2) is 36.4 Å². The first-order valence-electron chi connectivity index (χ1n) is 7.74. The first-order chi connectivity index (χ1) is 13.5. The number of methoxy groups -OCH3 is 1. The van der Waals surface area contributed by atoms with Crippen LogP contribution in [0.2, 0.25) is 0 Å². The van der Waals surface area contributed by atoms with Crippen molar-refractivity contribution in [2.24, 2.45) is 0 Å². The highest BCUT2D eigenvalue weighted by atomic mass is 19.4. The smallest absolute Gasteiger partial charge is 0.416 e. The molecule has 0 radical (unpaired) electrons. The molecule has 0 atom stereocenters. The number of nitro groups is 2. The number of nitro benzene ring substituents is 2. The highest BCUT2D eigenvalue weighted by molar-refractivity contribution is 5.84. The number of carbonyl (C=O) groups excluding carboxylic acids is 1. The van der Waals surface area contributed by atoms with Crippen LogP contribution in [0.5, 0.6) is 0 Å². The van der Waals surface area contributed by atoms with Gasteiger partial charge in [0.1, 0.15) is 0 Å². The molecule has 10 nitrogen and oxygen atoms in total. The molecular formula is C16H13F3N4O6. The van der Waals surface area contributed by atoms with E-state index < -0.39 is 44.7 Å². The van der Waals surface area contributed by atoms with Gasteiger partial charge in [0, 0.05) is 24.4 Å². The molecule has 154 valence electrons. The lowest BCUT2D eigenvalue weighted by Gasteiger charge is -2.12. The highest BCUT2D eigenvalue weighted by Crippen LogP contribution is 2.41. The maximum absolute atomic E-state index is 12.9. The zero-order valence-corrected chi connectivity index (χ0v) is 14.6. The number of nitrogens with one attached hydrogen (secondary N) is 2. The second kappa shape index (κ2) is 8.41. The molecule has 2 N–H and O–H groups in total. The first-order valence-corrected chi connectivity index (χ1v) is 7.74. The molecule has 2 aromatic carbocycles. The Balaban J connectivity index is 2.33. The second-order valence-corrected chi connectivity index (χ2v) is 5.57. The monoisotopic (exact) mass is 414 g/mol. The van der Waals surface area contributed by atoms with Crippen molar-refractivity contribution in [1.29, 1.82) is 0 Å². The van der Waals surface area contributed by atoms with Gasteiger partial charge in [-0.1, -0.05) is 12.1 Å². The van der Waals surface area contributed by atoms with E-state index in [4.69, 9.17) is 0 Å². The number of benzene rings is 2. The van der Waals surface area contributed by atoms with Crippen LogP contribution < -0.4 is 10.6 Å². The Morgan fingerprint density at radius 2 is 1.59 bits per heavy atom. The topological polar surface area (TPSA) is 137 Å². The standard InChI is InChI=1S/C16H13F3N4O6/c1-29-15(24)21-11-4-2-9(3-5-11)8-20-14-12(22(25)26)6-10(16(17,18)19)7-13(14)23(27)28/h2-7,20H,8H2,1H3,(H,21,24). The zero-order valence-electron chi connectivity index (χ0n) is 14.6. The molecule has 0 aliphatic heterocycles. The van der Waals surface area contributed by atoms with Gasteiger partial charge in [-0.15, -0.1) is 0 Å². The van der Waals surface area contributed by atoms with Crippen LogP contribution in [-0.2, 0) is 17.5 Å². The summed E-state index contributed by atoms with van der Waals surface area (Å²) in [6.45, 7) is -0.161. The molecular weight excluding hydrogens is 401 g/mol. The van der Waals surface area contributed by atoms with Crippen LogP contribution in [0.25, 0.3) is 0 Å². The number of anilines is 2. The summed E-state index contributed by atoms with van der Waals surface area (Å²) in [7, 11) is 1.18. The van der Waals surface area contributed by atoms with E-state index in [0.29, 0.717) is 11.3 Å². The lowest BCUT2D eigenvalue weighted by atomic mass is 10.1. The van der Waals surface area contributed by atoms with Gasteiger partial charge in [0.15, 0.2) is 5.69 Å². The average molecular weight is 414 g/mol. The fraction of sp³-hybridized carbons (Fsp3) is 0.188. The van der Waals surface area contributed by atoms with E-state index in [9.17, 15) is 38.2 Å². The molecule has 0 saturated carbocycles. The van der Waals surface area contributed by atoms with Crippen molar-refractivity contribution in [2.45, 2.75) is 12.7 Å². The van der Waals surface area contributed by atoms with Crippen LogP contribution in [0.3, 0.4) is 0 Å². The van der Waals surface area contributed by atoms with Gasteiger partial charge in [-0.2, -0.15) is 13.2 Å². The highest BCUT2D eigenvalue weighted by Gasteiger charge is 2.37. The third-order valence-corrected chi connectivity index (χ3v) is 3.67. The van der Waals surface area contributed by atoms with Crippen LogP contribution in [0.4, 0.5) is 40.7 Å². The fourth-order valence-electron chi connectivity index (χ4n) is 2.31. The molecule has 2 rings (SSSR count). The summed E-state index contributed by atoms with van der Waals surface area (Å²) in [5.41, 5.74) is -3.42. The van der Waals surface area contributed by atoms with E-state index in [2.05, 4.69) is 15.4 Å². The molecule has 0 saturated heterocycles. The Morgan fingerprint density at radius 3 is 2.00 bits per heavy atom. The van der Waals surface area contributed by atoms with Crippen LogP contribution in [-0.4, -0.2) is 23.0 Å². The van der Waals surface area contributed by atoms with Gasteiger partial charge in [-0.05, 0) is 17.7 Å². The van der Waals surface area contributed by atoms with Gasteiger partial charge in [0.05, 0.1) is 22.5 Å². The molecule has 0 aliphatic rings. The minimum Gasteiger partial charge on any atom is -0.453 e. The number of alkyl halides is 3. The van der Waals surface area contributed by atoms with E-state index in [1.165, 1.54) is 31.4 Å². The summed E-state index contributed by atoms with van der Waals surface area (Å²) in [5.74, 6) is 0. The number of hydrogen-bond acceptors (Lipinski definition) is 7. The number of halogens is 3. The number of amides is 1. The normalized spacial score (nSPS) is 10.9. The van der Waals surface area contributed by atoms with Crippen molar-refractivity contribution in [1.82, 2.24) is 0 Å². The molecule has 0 unspecified atom stereocenters. The Morgan fingerprint density at radius 1 is 1.07 bits per heavy atom. The molecule has 2 aromatic rings. The summed E-state index contributed by atoms with van der Waals surface area (Å²) in [5, 5.41) is 27.2. The van der Waals surface area contributed by atoms with E-state index in [-0.39, 0.29) is 18.7 Å². The van der Waals surface area contributed by atoms with Crippen molar-refractivity contribution in [3.05, 3.63) is 67.8 Å². The molecule has 13 heteroatoms. The van der Waals surface area contributed by atoms with Gasteiger partial charge < -0.3 is 10.1 Å². The molecule has 1 amide bonds. The molecule has 0 aromatic heterocycles. The van der Waals surface area contributed by atoms with E-state index in [0.717, 1.165) is 0 Å².